The van der Waals surface area contributed by atoms with Gasteiger partial charge in [0.15, 0.2) is 5.11 Å². The molecule has 0 aliphatic carbocycles. The molecule has 0 aliphatic heterocycles. The van der Waals surface area contributed by atoms with E-state index in [1.807, 2.05) is 12.1 Å². The number of rotatable bonds is 10. The van der Waals surface area contributed by atoms with Gasteiger partial charge < -0.3 is 10.1 Å². The molecule has 3 aromatic rings. The fourth-order valence-electron chi connectivity index (χ4n) is 3.89. The zero-order chi connectivity index (χ0) is 30.7. The Morgan fingerprint density at radius 3 is 2.02 bits per heavy atom. The van der Waals surface area contributed by atoms with Gasteiger partial charge in [-0.3, -0.25) is 30.6 Å². The lowest BCUT2D eigenvalue weighted by Gasteiger charge is -2.19. The average molecular weight is 654 g/mol. The van der Waals surface area contributed by atoms with Crippen LogP contribution in [-0.2, 0) is 5.41 Å². The van der Waals surface area contributed by atoms with Gasteiger partial charge >= 0.3 is 0 Å². The first kappa shape index (κ1) is 32.8. The Kier molecular flexibility index (Phi) is 12.1. The van der Waals surface area contributed by atoms with Crippen molar-refractivity contribution < 1.29 is 19.1 Å². The first-order valence-corrected chi connectivity index (χ1v) is 15.0. The molecule has 0 unspecified atom stereocenters. The summed E-state index contributed by atoms with van der Waals surface area (Å²) in [6, 6.07) is 18.9. The van der Waals surface area contributed by atoms with Gasteiger partial charge in [0, 0.05) is 22.4 Å². The maximum absolute atomic E-state index is 12.6. The molecule has 0 radical (unpaired) electrons. The van der Waals surface area contributed by atoms with Gasteiger partial charge in [0.25, 0.3) is 17.7 Å². The van der Waals surface area contributed by atoms with Crippen LogP contribution < -0.4 is 26.2 Å². The van der Waals surface area contributed by atoms with Crippen LogP contribution in [0.4, 0.5) is 5.69 Å². The standard InChI is InChI=1S/C32H37BrN4O4S/c1-5-6-7-8-19-41-27-18-13-23(20-26(27)33)29(39)35-31(42)37-36-30(40)22-11-16-25(17-12-22)34-28(38)21-9-14-24(15-10-21)32(2,3)4/h9-18,20H,5-8,19H2,1-4H3,(H,34,38)(H,36,40)(H2,35,37,39,42). The molecule has 0 spiro atoms. The molecule has 3 rings (SSSR count). The van der Waals surface area contributed by atoms with Crippen LogP contribution in [0.1, 0.15) is 90.0 Å². The molecular weight excluding hydrogens is 616 g/mol. The van der Waals surface area contributed by atoms with Crippen LogP contribution in [0.25, 0.3) is 0 Å². The van der Waals surface area contributed by atoms with E-state index in [-0.39, 0.29) is 16.4 Å². The molecule has 0 bridgehead atoms. The molecule has 0 saturated carbocycles. The van der Waals surface area contributed by atoms with Crippen molar-refractivity contribution in [3.8, 4) is 5.75 Å². The van der Waals surface area contributed by atoms with Crippen molar-refractivity contribution in [1.29, 1.82) is 0 Å². The van der Waals surface area contributed by atoms with Crippen LogP contribution in [0.15, 0.2) is 71.2 Å². The van der Waals surface area contributed by atoms with Gasteiger partial charge in [-0.2, -0.15) is 0 Å². The number of unbranched alkanes of at least 4 members (excludes halogenated alkanes) is 3. The zero-order valence-corrected chi connectivity index (χ0v) is 26.7. The predicted molar refractivity (Wildman–Crippen MR) is 174 cm³/mol. The fourth-order valence-corrected chi connectivity index (χ4v) is 4.53. The van der Waals surface area contributed by atoms with E-state index in [0.29, 0.717) is 39.2 Å². The van der Waals surface area contributed by atoms with E-state index in [0.717, 1.165) is 24.8 Å². The molecule has 10 heteroatoms. The molecule has 3 aromatic carbocycles. The Bertz CT molecular complexity index is 1400. The van der Waals surface area contributed by atoms with E-state index < -0.39 is 11.8 Å². The Labute approximate surface area is 261 Å². The lowest BCUT2D eigenvalue weighted by molar-refractivity contribution is 0.0934. The zero-order valence-electron chi connectivity index (χ0n) is 24.3. The van der Waals surface area contributed by atoms with Crippen LogP contribution >= 0.6 is 28.1 Å². The SMILES string of the molecule is CCCCCCOc1ccc(C(=O)NC(=S)NNC(=O)c2ccc(NC(=O)c3ccc(C(C)(C)C)cc3)cc2)cc1Br. The Morgan fingerprint density at radius 1 is 0.786 bits per heavy atom. The number of carbonyl (C=O) groups excluding carboxylic acids is 3. The van der Waals surface area contributed by atoms with E-state index in [9.17, 15) is 14.4 Å². The third kappa shape index (κ3) is 9.95. The Balaban J connectivity index is 1.45. The number of thiocarbonyl (C=S) groups is 1. The van der Waals surface area contributed by atoms with Crippen LogP contribution in [0, 0.1) is 0 Å². The predicted octanol–water partition coefficient (Wildman–Crippen LogP) is 6.91. The number of amides is 3. The summed E-state index contributed by atoms with van der Waals surface area (Å²) < 4.78 is 6.44. The number of nitrogens with one attached hydrogen (secondary N) is 4. The summed E-state index contributed by atoms with van der Waals surface area (Å²) in [5, 5.41) is 5.29. The molecule has 0 fully saturated rings. The highest BCUT2D eigenvalue weighted by molar-refractivity contribution is 9.10. The molecule has 0 atom stereocenters. The van der Waals surface area contributed by atoms with E-state index in [4.69, 9.17) is 17.0 Å². The van der Waals surface area contributed by atoms with E-state index >= 15 is 0 Å². The summed E-state index contributed by atoms with van der Waals surface area (Å²) in [4.78, 5) is 37.8. The second kappa shape index (κ2) is 15.5. The summed E-state index contributed by atoms with van der Waals surface area (Å²) in [6.07, 6.45) is 4.43. The number of hydrazine groups is 1. The third-order valence-electron chi connectivity index (χ3n) is 6.38. The Morgan fingerprint density at radius 2 is 1.40 bits per heavy atom. The lowest BCUT2D eigenvalue weighted by atomic mass is 9.87. The highest BCUT2D eigenvalue weighted by Gasteiger charge is 2.15. The molecule has 42 heavy (non-hydrogen) atoms. The summed E-state index contributed by atoms with van der Waals surface area (Å²) in [5.74, 6) is -0.487. The van der Waals surface area contributed by atoms with Crippen LogP contribution in [0.5, 0.6) is 5.75 Å². The molecule has 0 saturated heterocycles. The summed E-state index contributed by atoms with van der Waals surface area (Å²) in [7, 11) is 0. The van der Waals surface area contributed by atoms with Gasteiger partial charge in [-0.05, 0) is 100 Å². The van der Waals surface area contributed by atoms with Crippen molar-refractivity contribution in [1.82, 2.24) is 16.2 Å². The van der Waals surface area contributed by atoms with Gasteiger partial charge in [0.2, 0.25) is 0 Å². The monoisotopic (exact) mass is 652 g/mol. The van der Waals surface area contributed by atoms with Gasteiger partial charge in [-0.1, -0.05) is 59.1 Å². The number of benzene rings is 3. The minimum Gasteiger partial charge on any atom is -0.492 e. The summed E-state index contributed by atoms with van der Waals surface area (Å²) in [6.45, 7) is 9.12. The number of hydrogen-bond acceptors (Lipinski definition) is 5. The van der Waals surface area contributed by atoms with E-state index in [2.05, 4.69) is 65.1 Å². The van der Waals surface area contributed by atoms with Gasteiger partial charge in [0.1, 0.15) is 5.75 Å². The fraction of sp³-hybridized carbons (Fsp3) is 0.312. The minimum atomic E-state index is -0.467. The minimum absolute atomic E-state index is 0.00196. The number of hydrogen-bond donors (Lipinski definition) is 4. The molecule has 4 N–H and O–H groups in total. The van der Waals surface area contributed by atoms with E-state index in [1.165, 1.54) is 6.42 Å². The molecule has 0 aliphatic rings. The number of carbonyl (C=O) groups is 3. The Hall–Kier alpha value is -3.76. The normalized spacial score (nSPS) is 10.9. The second-order valence-corrected chi connectivity index (χ2v) is 12.0. The van der Waals surface area contributed by atoms with Crippen LogP contribution in [-0.4, -0.2) is 29.4 Å². The highest BCUT2D eigenvalue weighted by Crippen LogP contribution is 2.26. The highest BCUT2D eigenvalue weighted by atomic mass is 79.9. The van der Waals surface area contributed by atoms with Crippen molar-refractivity contribution in [2.24, 2.45) is 0 Å². The largest absolute Gasteiger partial charge is 0.492 e. The van der Waals surface area contributed by atoms with Crippen molar-refractivity contribution in [3.05, 3.63) is 93.5 Å². The topological polar surface area (TPSA) is 109 Å². The molecule has 0 heterocycles. The molecule has 0 aromatic heterocycles. The maximum atomic E-state index is 12.6. The van der Waals surface area contributed by atoms with Crippen LogP contribution in [0.2, 0.25) is 0 Å². The quantitative estimate of drug-likeness (QED) is 0.108. The average Bonchev–Trinajstić information content (AvgIpc) is 2.96. The van der Waals surface area contributed by atoms with Crippen molar-refractivity contribution in [2.45, 2.75) is 58.8 Å². The van der Waals surface area contributed by atoms with E-state index in [1.54, 1.807) is 54.6 Å². The maximum Gasteiger partial charge on any atom is 0.269 e. The first-order valence-electron chi connectivity index (χ1n) is 13.8. The summed E-state index contributed by atoms with van der Waals surface area (Å²) in [5.41, 5.74) is 7.92. The molecule has 8 nitrogen and oxygen atoms in total. The van der Waals surface area contributed by atoms with Crippen molar-refractivity contribution in [2.75, 3.05) is 11.9 Å². The number of anilines is 1. The third-order valence-corrected chi connectivity index (χ3v) is 7.21. The molecular formula is C32H37BrN4O4S. The van der Waals surface area contributed by atoms with Crippen molar-refractivity contribution in [3.63, 3.8) is 0 Å². The first-order chi connectivity index (χ1) is 20.0. The summed E-state index contributed by atoms with van der Waals surface area (Å²) >= 11 is 8.60. The second-order valence-electron chi connectivity index (χ2n) is 10.8. The lowest BCUT2D eigenvalue weighted by Crippen LogP contribution is -2.48. The van der Waals surface area contributed by atoms with Crippen LogP contribution in [0.3, 0.4) is 0 Å². The molecule has 3 amide bonds. The van der Waals surface area contributed by atoms with Gasteiger partial charge in [-0.25, -0.2) is 0 Å². The number of halogens is 1. The number of ether oxygens (including phenoxy) is 1. The van der Waals surface area contributed by atoms with Crippen molar-refractivity contribution >= 4 is 56.7 Å². The van der Waals surface area contributed by atoms with Gasteiger partial charge in [0.05, 0.1) is 11.1 Å². The molecule has 222 valence electrons. The van der Waals surface area contributed by atoms with Gasteiger partial charge in [-0.15, -0.1) is 0 Å². The smallest absolute Gasteiger partial charge is 0.269 e.